The lowest BCUT2D eigenvalue weighted by molar-refractivity contribution is -0.118. The minimum Gasteiger partial charge on any atom is -0.391 e. The molecule has 2 unspecified atom stereocenters. The van der Waals surface area contributed by atoms with Gasteiger partial charge in [-0.25, -0.2) is 0 Å². The molecule has 0 radical (unpaired) electrons. The SMILES string of the molecule is CC(C(=O)NC(C)C(O)Cc1ccccc1)=C1CCCC1. The Morgan fingerprint density at radius 1 is 1.24 bits per heavy atom. The van der Waals surface area contributed by atoms with Gasteiger partial charge in [-0.15, -0.1) is 0 Å². The number of nitrogens with one attached hydrogen (secondary N) is 1. The van der Waals surface area contributed by atoms with Crippen LogP contribution >= 0.6 is 0 Å². The number of hydrogen-bond acceptors (Lipinski definition) is 2. The molecule has 0 aromatic heterocycles. The summed E-state index contributed by atoms with van der Waals surface area (Å²) < 4.78 is 0. The van der Waals surface area contributed by atoms with Crippen molar-refractivity contribution in [1.29, 1.82) is 0 Å². The summed E-state index contributed by atoms with van der Waals surface area (Å²) in [6, 6.07) is 9.60. The summed E-state index contributed by atoms with van der Waals surface area (Å²) in [5, 5.41) is 13.2. The van der Waals surface area contributed by atoms with Gasteiger partial charge < -0.3 is 10.4 Å². The van der Waals surface area contributed by atoms with E-state index in [4.69, 9.17) is 0 Å². The highest BCUT2D eigenvalue weighted by atomic mass is 16.3. The summed E-state index contributed by atoms with van der Waals surface area (Å²) >= 11 is 0. The Balaban J connectivity index is 1.89. The van der Waals surface area contributed by atoms with E-state index < -0.39 is 6.10 Å². The van der Waals surface area contributed by atoms with E-state index >= 15 is 0 Å². The Kier molecular flexibility index (Phi) is 5.57. The molecule has 0 heterocycles. The van der Waals surface area contributed by atoms with E-state index in [1.54, 1.807) is 0 Å². The Morgan fingerprint density at radius 3 is 2.48 bits per heavy atom. The molecule has 3 heteroatoms. The smallest absolute Gasteiger partial charge is 0.247 e. The van der Waals surface area contributed by atoms with Crippen LogP contribution in [-0.2, 0) is 11.2 Å². The van der Waals surface area contributed by atoms with Crippen LogP contribution in [0, 0.1) is 0 Å². The molecule has 1 aliphatic carbocycles. The van der Waals surface area contributed by atoms with E-state index in [9.17, 15) is 9.90 Å². The molecule has 0 saturated heterocycles. The molecule has 1 aromatic rings. The van der Waals surface area contributed by atoms with Crippen LogP contribution in [0.5, 0.6) is 0 Å². The van der Waals surface area contributed by atoms with Crippen LogP contribution in [0.25, 0.3) is 0 Å². The largest absolute Gasteiger partial charge is 0.391 e. The van der Waals surface area contributed by atoms with Gasteiger partial charge in [-0.05, 0) is 45.1 Å². The molecular formula is C18H25NO2. The van der Waals surface area contributed by atoms with Crippen molar-refractivity contribution >= 4 is 5.91 Å². The van der Waals surface area contributed by atoms with Crippen LogP contribution in [0.4, 0.5) is 0 Å². The number of carbonyl (C=O) groups is 1. The fourth-order valence-corrected chi connectivity index (χ4v) is 2.78. The second-order valence-electron chi connectivity index (χ2n) is 5.95. The van der Waals surface area contributed by atoms with Gasteiger partial charge >= 0.3 is 0 Å². The molecule has 1 amide bonds. The van der Waals surface area contributed by atoms with Gasteiger partial charge in [0.1, 0.15) is 0 Å². The predicted molar refractivity (Wildman–Crippen MR) is 84.9 cm³/mol. The third kappa shape index (κ3) is 4.43. The lowest BCUT2D eigenvalue weighted by Crippen LogP contribution is -2.42. The van der Waals surface area contributed by atoms with Crippen molar-refractivity contribution in [2.45, 2.75) is 58.1 Å². The van der Waals surface area contributed by atoms with E-state index in [1.165, 1.54) is 18.4 Å². The second kappa shape index (κ2) is 7.41. The highest BCUT2D eigenvalue weighted by Gasteiger charge is 2.20. The van der Waals surface area contributed by atoms with Crippen LogP contribution in [0.2, 0.25) is 0 Å². The van der Waals surface area contributed by atoms with Crippen molar-refractivity contribution in [2.24, 2.45) is 0 Å². The number of amides is 1. The van der Waals surface area contributed by atoms with E-state index in [1.807, 2.05) is 44.2 Å². The van der Waals surface area contributed by atoms with Crippen LogP contribution in [0.1, 0.15) is 45.1 Å². The topological polar surface area (TPSA) is 49.3 Å². The molecule has 2 N–H and O–H groups in total. The number of rotatable bonds is 5. The molecule has 1 fully saturated rings. The molecule has 1 aliphatic rings. The highest BCUT2D eigenvalue weighted by Crippen LogP contribution is 2.26. The molecule has 114 valence electrons. The number of carbonyl (C=O) groups excluding carboxylic acids is 1. The number of allylic oxidation sites excluding steroid dienone is 1. The Hall–Kier alpha value is -1.61. The second-order valence-corrected chi connectivity index (χ2v) is 5.95. The first kappa shape index (κ1) is 15.8. The average molecular weight is 287 g/mol. The molecule has 1 aromatic carbocycles. The van der Waals surface area contributed by atoms with Gasteiger partial charge in [0.15, 0.2) is 0 Å². The minimum atomic E-state index is -0.572. The standard InChI is InChI=1S/C18H25NO2/c1-13(16-10-6-7-11-16)18(21)19-14(2)17(20)12-15-8-4-3-5-9-15/h3-5,8-9,14,17,20H,6-7,10-12H2,1-2H3,(H,19,21). The summed E-state index contributed by atoms with van der Waals surface area (Å²) in [6.45, 7) is 3.75. The zero-order valence-corrected chi connectivity index (χ0v) is 12.9. The van der Waals surface area contributed by atoms with E-state index in [0.29, 0.717) is 6.42 Å². The third-order valence-electron chi connectivity index (χ3n) is 4.30. The van der Waals surface area contributed by atoms with Crippen molar-refractivity contribution in [3.8, 4) is 0 Å². The number of aliphatic hydroxyl groups excluding tert-OH is 1. The van der Waals surface area contributed by atoms with Gasteiger partial charge in [0.25, 0.3) is 0 Å². The zero-order chi connectivity index (χ0) is 15.2. The lowest BCUT2D eigenvalue weighted by atomic mass is 10.0. The number of hydrogen-bond donors (Lipinski definition) is 2. The molecule has 0 aliphatic heterocycles. The Morgan fingerprint density at radius 2 is 1.86 bits per heavy atom. The molecule has 2 atom stereocenters. The normalized spacial score (nSPS) is 17.4. The van der Waals surface area contributed by atoms with Gasteiger partial charge in [0.2, 0.25) is 5.91 Å². The Bertz CT molecular complexity index is 499. The summed E-state index contributed by atoms with van der Waals surface area (Å²) in [4.78, 5) is 12.2. The van der Waals surface area contributed by atoms with Crippen LogP contribution in [0.15, 0.2) is 41.5 Å². The van der Waals surface area contributed by atoms with Crippen LogP contribution in [0.3, 0.4) is 0 Å². The fraction of sp³-hybridized carbons (Fsp3) is 0.500. The fourth-order valence-electron chi connectivity index (χ4n) is 2.78. The maximum Gasteiger partial charge on any atom is 0.247 e. The molecule has 0 bridgehead atoms. The molecule has 1 saturated carbocycles. The van der Waals surface area contributed by atoms with Crippen molar-refractivity contribution in [2.75, 3.05) is 0 Å². The Labute approximate surface area is 127 Å². The van der Waals surface area contributed by atoms with E-state index in [2.05, 4.69) is 5.32 Å². The molecule has 2 rings (SSSR count). The quantitative estimate of drug-likeness (QED) is 0.818. The maximum absolute atomic E-state index is 12.2. The van der Waals surface area contributed by atoms with Crippen LogP contribution < -0.4 is 5.32 Å². The van der Waals surface area contributed by atoms with Gasteiger partial charge in [-0.3, -0.25) is 4.79 Å². The van der Waals surface area contributed by atoms with E-state index in [-0.39, 0.29) is 11.9 Å². The minimum absolute atomic E-state index is 0.0356. The van der Waals surface area contributed by atoms with Gasteiger partial charge in [-0.1, -0.05) is 35.9 Å². The average Bonchev–Trinajstić information content (AvgIpc) is 3.01. The number of aliphatic hydroxyl groups is 1. The highest BCUT2D eigenvalue weighted by molar-refractivity contribution is 5.93. The number of benzene rings is 1. The van der Waals surface area contributed by atoms with Gasteiger partial charge in [0.05, 0.1) is 12.1 Å². The van der Waals surface area contributed by atoms with Crippen molar-refractivity contribution in [3.05, 3.63) is 47.0 Å². The van der Waals surface area contributed by atoms with Crippen LogP contribution in [-0.4, -0.2) is 23.2 Å². The summed E-state index contributed by atoms with van der Waals surface area (Å²) in [5.41, 5.74) is 3.19. The first-order valence-electron chi connectivity index (χ1n) is 7.79. The zero-order valence-electron chi connectivity index (χ0n) is 12.9. The van der Waals surface area contributed by atoms with Crippen molar-refractivity contribution in [3.63, 3.8) is 0 Å². The lowest BCUT2D eigenvalue weighted by Gasteiger charge is -2.21. The van der Waals surface area contributed by atoms with Gasteiger partial charge in [-0.2, -0.15) is 0 Å². The first-order chi connectivity index (χ1) is 10.1. The maximum atomic E-state index is 12.2. The summed E-state index contributed by atoms with van der Waals surface area (Å²) in [6.07, 6.45) is 4.44. The summed E-state index contributed by atoms with van der Waals surface area (Å²) in [7, 11) is 0. The molecular weight excluding hydrogens is 262 g/mol. The monoisotopic (exact) mass is 287 g/mol. The van der Waals surface area contributed by atoms with Crippen molar-refractivity contribution < 1.29 is 9.90 Å². The molecule has 3 nitrogen and oxygen atoms in total. The molecule has 0 spiro atoms. The predicted octanol–water partition coefficient (Wildman–Crippen LogP) is 2.99. The molecule has 21 heavy (non-hydrogen) atoms. The third-order valence-corrected chi connectivity index (χ3v) is 4.30. The first-order valence-corrected chi connectivity index (χ1v) is 7.79. The van der Waals surface area contributed by atoms with E-state index in [0.717, 1.165) is 24.0 Å². The van der Waals surface area contributed by atoms with Gasteiger partial charge in [0, 0.05) is 12.0 Å². The van der Waals surface area contributed by atoms with Crippen molar-refractivity contribution in [1.82, 2.24) is 5.32 Å². The summed E-state index contributed by atoms with van der Waals surface area (Å²) in [5.74, 6) is -0.0356.